The summed E-state index contributed by atoms with van der Waals surface area (Å²) in [5.41, 5.74) is -3.40. The second-order valence-corrected chi connectivity index (χ2v) is 7.48. The van der Waals surface area contributed by atoms with Gasteiger partial charge in [0.15, 0.2) is 11.4 Å². The van der Waals surface area contributed by atoms with E-state index in [4.69, 9.17) is 11.6 Å². The highest BCUT2D eigenvalue weighted by Crippen LogP contribution is 2.49. The summed E-state index contributed by atoms with van der Waals surface area (Å²) < 4.78 is 40.9. The number of H-pyrrole nitrogens is 1. The summed E-state index contributed by atoms with van der Waals surface area (Å²) in [4.78, 5) is 17.9. The highest BCUT2D eigenvalue weighted by molar-refractivity contribution is 6.30. The Labute approximate surface area is 162 Å². The zero-order chi connectivity index (χ0) is 20.1. The van der Waals surface area contributed by atoms with Crippen molar-refractivity contribution in [2.45, 2.75) is 37.0 Å². The summed E-state index contributed by atoms with van der Waals surface area (Å²) >= 11 is 5.84. The van der Waals surface area contributed by atoms with Crippen LogP contribution in [-0.2, 0) is 10.4 Å². The van der Waals surface area contributed by atoms with Gasteiger partial charge in [0, 0.05) is 30.9 Å². The van der Waals surface area contributed by atoms with Gasteiger partial charge in [-0.25, -0.2) is 4.98 Å². The summed E-state index contributed by atoms with van der Waals surface area (Å²) in [6.07, 6.45) is -3.45. The third kappa shape index (κ3) is 3.10. The molecule has 3 N–H and O–H groups in total. The first-order valence-electron chi connectivity index (χ1n) is 8.73. The number of amides is 1. The first-order valence-corrected chi connectivity index (χ1v) is 9.11. The minimum Gasteiger partial charge on any atom is -0.376 e. The van der Waals surface area contributed by atoms with Gasteiger partial charge in [0.2, 0.25) is 5.91 Å². The minimum atomic E-state index is -4.99. The van der Waals surface area contributed by atoms with Crippen molar-refractivity contribution >= 4 is 29.1 Å². The molecule has 2 aromatic heterocycles. The fourth-order valence-corrected chi connectivity index (χ4v) is 3.96. The molecule has 150 valence electrons. The largest absolute Gasteiger partial charge is 0.422 e. The molecule has 0 spiro atoms. The van der Waals surface area contributed by atoms with Crippen molar-refractivity contribution in [3.63, 3.8) is 0 Å². The number of hydrogen-bond acceptors (Lipinski definition) is 5. The van der Waals surface area contributed by atoms with Crippen LogP contribution in [0.3, 0.4) is 0 Å². The number of fused-ring (bicyclic) bond motifs is 1. The third-order valence-corrected chi connectivity index (χ3v) is 5.51. The quantitative estimate of drug-likeness (QED) is 0.701. The minimum absolute atomic E-state index is 0.221. The number of aromatic amines is 1. The lowest BCUT2D eigenvalue weighted by Crippen LogP contribution is -2.48. The molecule has 4 rings (SSSR count). The van der Waals surface area contributed by atoms with E-state index < -0.39 is 24.1 Å². The van der Waals surface area contributed by atoms with Gasteiger partial charge in [-0.15, -0.1) is 0 Å². The Bertz CT molecular complexity index is 893. The van der Waals surface area contributed by atoms with Gasteiger partial charge in [0.05, 0.1) is 17.0 Å². The molecule has 2 aliphatic heterocycles. The molecule has 1 saturated heterocycles. The molecule has 0 radical (unpaired) electrons. The standard InChI is InChI=1S/C17H17ClF3N5O2/c18-10-1-2-11(22-8-10)26-5-3-9(4-6-26)14-13-15(25-24-14)23-12(27)7-16(13,28)17(19,20)21/h1-2,8-9,28H,3-7H2,(H2,23,24,25,27)/t16-/m1/s1. The predicted molar refractivity (Wildman–Crippen MR) is 95.2 cm³/mol. The summed E-state index contributed by atoms with van der Waals surface area (Å²) in [6, 6.07) is 3.52. The number of hydrogen-bond donors (Lipinski definition) is 3. The zero-order valence-electron chi connectivity index (χ0n) is 14.6. The highest BCUT2D eigenvalue weighted by Gasteiger charge is 2.61. The molecule has 28 heavy (non-hydrogen) atoms. The second-order valence-electron chi connectivity index (χ2n) is 7.04. The molecule has 11 heteroatoms. The van der Waals surface area contributed by atoms with E-state index in [9.17, 15) is 23.1 Å². The fourth-order valence-electron chi connectivity index (χ4n) is 3.85. The van der Waals surface area contributed by atoms with Crippen LogP contribution >= 0.6 is 11.6 Å². The molecule has 1 atom stereocenters. The maximum Gasteiger partial charge on any atom is 0.422 e. The Morgan fingerprint density at radius 1 is 1.29 bits per heavy atom. The molecule has 7 nitrogen and oxygen atoms in total. The SMILES string of the molecule is O=C1C[C@](O)(C(F)(F)F)c2c(n[nH]c2C2CCN(c3ccc(Cl)cn3)CC2)N1. The summed E-state index contributed by atoms with van der Waals surface area (Å²) in [6.45, 7) is 1.15. The number of carbonyl (C=O) groups is 1. The Morgan fingerprint density at radius 2 is 2.00 bits per heavy atom. The number of nitrogens with zero attached hydrogens (tertiary/aromatic N) is 3. The molecule has 4 heterocycles. The fraction of sp³-hybridized carbons (Fsp3) is 0.471. The number of halogens is 4. The molecule has 0 saturated carbocycles. The Morgan fingerprint density at radius 3 is 2.61 bits per heavy atom. The van der Waals surface area contributed by atoms with Crippen LogP contribution in [0.2, 0.25) is 5.02 Å². The molecular formula is C17H17ClF3N5O2. The molecule has 0 aromatic carbocycles. The van der Waals surface area contributed by atoms with E-state index in [2.05, 4.69) is 20.5 Å². The van der Waals surface area contributed by atoms with E-state index in [0.717, 1.165) is 5.82 Å². The molecule has 1 fully saturated rings. The predicted octanol–water partition coefficient (Wildman–Crippen LogP) is 2.93. The molecule has 0 unspecified atom stereocenters. The number of anilines is 2. The Kier molecular flexibility index (Phi) is 4.50. The first kappa shape index (κ1) is 19.0. The van der Waals surface area contributed by atoms with E-state index in [1.807, 2.05) is 4.90 Å². The van der Waals surface area contributed by atoms with Crippen molar-refractivity contribution in [1.82, 2.24) is 15.2 Å². The molecular weight excluding hydrogens is 399 g/mol. The molecule has 2 aliphatic rings. The molecule has 2 aromatic rings. The van der Waals surface area contributed by atoms with Gasteiger partial charge in [-0.2, -0.15) is 18.3 Å². The van der Waals surface area contributed by atoms with E-state index >= 15 is 0 Å². The maximum atomic E-state index is 13.6. The molecule has 0 aliphatic carbocycles. The van der Waals surface area contributed by atoms with Gasteiger partial charge in [-0.05, 0) is 25.0 Å². The number of carbonyl (C=O) groups excluding carboxylic acids is 1. The van der Waals surface area contributed by atoms with Crippen molar-refractivity contribution in [2.75, 3.05) is 23.3 Å². The number of rotatable bonds is 2. The number of aliphatic hydroxyl groups is 1. The van der Waals surface area contributed by atoms with Gasteiger partial charge < -0.3 is 15.3 Å². The van der Waals surface area contributed by atoms with Crippen LogP contribution in [-0.4, -0.2) is 45.5 Å². The second kappa shape index (κ2) is 6.63. The highest BCUT2D eigenvalue weighted by atomic mass is 35.5. The van der Waals surface area contributed by atoms with Crippen LogP contribution in [0.4, 0.5) is 24.8 Å². The van der Waals surface area contributed by atoms with E-state index in [1.54, 1.807) is 18.3 Å². The van der Waals surface area contributed by atoms with Gasteiger partial charge >= 0.3 is 6.18 Å². The lowest BCUT2D eigenvalue weighted by Gasteiger charge is -2.37. The van der Waals surface area contributed by atoms with Gasteiger partial charge in [-0.1, -0.05) is 11.6 Å². The summed E-state index contributed by atoms with van der Waals surface area (Å²) in [5.74, 6) is -0.695. The Hall–Kier alpha value is -2.33. The monoisotopic (exact) mass is 415 g/mol. The maximum absolute atomic E-state index is 13.6. The van der Waals surface area contributed by atoms with Crippen LogP contribution in [0.25, 0.3) is 0 Å². The number of alkyl halides is 3. The van der Waals surface area contributed by atoms with Crippen LogP contribution in [0.1, 0.15) is 36.4 Å². The van der Waals surface area contributed by atoms with Crippen molar-refractivity contribution in [3.05, 3.63) is 34.6 Å². The normalized spacial score (nSPS) is 23.5. The third-order valence-electron chi connectivity index (χ3n) is 5.29. The Balaban J connectivity index is 1.59. The van der Waals surface area contributed by atoms with E-state index in [0.29, 0.717) is 31.0 Å². The topological polar surface area (TPSA) is 94.1 Å². The summed E-state index contributed by atoms with van der Waals surface area (Å²) in [7, 11) is 0. The summed E-state index contributed by atoms with van der Waals surface area (Å²) in [5, 5.41) is 19.7. The average molecular weight is 416 g/mol. The molecule has 1 amide bonds. The number of piperidine rings is 1. The van der Waals surface area contributed by atoms with Crippen LogP contribution in [0.15, 0.2) is 18.3 Å². The molecule has 0 bridgehead atoms. The van der Waals surface area contributed by atoms with E-state index in [-0.39, 0.29) is 23.0 Å². The number of nitrogens with one attached hydrogen (secondary N) is 2. The van der Waals surface area contributed by atoms with Crippen molar-refractivity contribution < 1.29 is 23.1 Å². The first-order chi connectivity index (χ1) is 13.2. The number of pyridine rings is 1. The van der Waals surface area contributed by atoms with Crippen LogP contribution < -0.4 is 10.2 Å². The van der Waals surface area contributed by atoms with Crippen molar-refractivity contribution in [3.8, 4) is 0 Å². The lowest BCUT2D eigenvalue weighted by molar-refractivity contribution is -0.267. The van der Waals surface area contributed by atoms with Crippen LogP contribution in [0, 0.1) is 0 Å². The van der Waals surface area contributed by atoms with Crippen molar-refractivity contribution in [1.29, 1.82) is 0 Å². The lowest BCUT2D eigenvalue weighted by atomic mass is 9.81. The number of aromatic nitrogens is 3. The van der Waals surface area contributed by atoms with Gasteiger partial charge in [-0.3, -0.25) is 9.89 Å². The average Bonchev–Trinajstić information content (AvgIpc) is 3.06. The van der Waals surface area contributed by atoms with Gasteiger partial charge in [0.1, 0.15) is 5.82 Å². The zero-order valence-corrected chi connectivity index (χ0v) is 15.3. The van der Waals surface area contributed by atoms with Crippen molar-refractivity contribution in [2.24, 2.45) is 0 Å². The van der Waals surface area contributed by atoms with E-state index in [1.165, 1.54) is 0 Å². The smallest absolute Gasteiger partial charge is 0.376 e. The van der Waals surface area contributed by atoms with Crippen LogP contribution in [0.5, 0.6) is 0 Å². The van der Waals surface area contributed by atoms with Gasteiger partial charge in [0.25, 0.3) is 0 Å².